The number of hydrogen-bond donors (Lipinski definition) is 1. The molecule has 0 saturated carbocycles. The largest absolute Gasteiger partial charge is 0.477 e. The van der Waals surface area contributed by atoms with Gasteiger partial charge in [0.2, 0.25) is 0 Å². The number of hydrogen-bond acceptors (Lipinski definition) is 3. The summed E-state index contributed by atoms with van der Waals surface area (Å²) in [5.41, 5.74) is 2.92. The van der Waals surface area contributed by atoms with Gasteiger partial charge in [0.1, 0.15) is 10.7 Å². The van der Waals surface area contributed by atoms with Gasteiger partial charge >= 0.3 is 5.97 Å². The number of halogens is 1. The summed E-state index contributed by atoms with van der Waals surface area (Å²) >= 11 is 1.11. The van der Waals surface area contributed by atoms with E-state index in [1.807, 2.05) is 6.07 Å². The Morgan fingerprint density at radius 2 is 2.24 bits per heavy atom. The molecule has 1 heterocycles. The summed E-state index contributed by atoms with van der Waals surface area (Å²) < 4.78 is 12.9. The van der Waals surface area contributed by atoms with Gasteiger partial charge in [-0.3, -0.25) is 0 Å². The van der Waals surface area contributed by atoms with Gasteiger partial charge in [-0.25, -0.2) is 14.2 Å². The topological polar surface area (TPSA) is 50.2 Å². The highest BCUT2D eigenvalue weighted by molar-refractivity contribution is 7.11. The van der Waals surface area contributed by atoms with Crippen molar-refractivity contribution in [3.63, 3.8) is 0 Å². The average Bonchev–Trinajstić information content (AvgIpc) is 2.74. The van der Waals surface area contributed by atoms with Crippen LogP contribution < -0.4 is 0 Å². The van der Waals surface area contributed by atoms with E-state index in [-0.39, 0.29) is 10.7 Å². The zero-order valence-corrected chi connectivity index (χ0v) is 9.71. The highest BCUT2D eigenvalue weighted by Crippen LogP contribution is 2.16. The number of benzene rings is 1. The third-order valence-corrected chi connectivity index (χ3v) is 3.23. The molecule has 5 heteroatoms. The third kappa shape index (κ3) is 2.88. The molecule has 3 nitrogen and oxygen atoms in total. The molecule has 0 aliphatic heterocycles. The second-order valence-electron chi connectivity index (χ2n) is 3.56. The summed E-state index contributed by atoms with van der Waals surface area (Å²) in [5.74, 6) is -1.24. The number of aryl methyl sites for hydroxylation is 2. The van der Waals surface area contributed by atoms with E-state index in [1.165, 1.54) is 17.6 Å². The van der Waals surface area contributed by atoms with Gasteiger partial charge in [-0.05, 0) is 30.5 Å². The summed E-state index contributed by atoms with van der Waals surface area (Å²) in [6.07, 6.45) is 1.09. The Morgan fingerprint density at radius 3 is 2.94 bits per heavy atom. The average molecular weight is 251 g/mol. The van der Waals surface area contributed by atoms with E-state index in [0.29, 0.717) is 18.5 Å². The van der Waals surface area contributed by atoms with Gasteiger partial charge in [-0.15, -0.1) is 11.3 Å². The molecule has 17 heavy (non-hydrogen) atoms. The molecule has 88 valence electrons. The predicted molar refractivity (Wildman–Crippen MR) is 62.9 cm³/mol. The maximum atomic E-state index is 12.9. The van der Waals surface area contributed by atoms with Crippen molar-refractivity contribution in [2.75, 3.05) is 0 Å². The van der Waals surface area contributed by atoms with Crippen molar-refractivity contribution in [1.29, 1.82) is 0 Å². The lowest BCUT2D eigenvalue weighted by Crippen LogP contribution is -2.01. The highest BCUT2D eigenvalue weighted by Gasteiger charge is 2.12. The van der Waals surface area contributed by atoms with Gasteiger partial charge in [-0.1, -0.05) is 12.1 Å². The van der Waals surface area contributed by atoms with E-state index >= 15 is 0 Å². The first kappa shape index (κ1) is 11.7. The Balaban J connectivity index is 2.07. The Hall–Kier alpha value is -1.75. The second-order valence-corrected chi connectivity index (χ2v) is 4.42. The van der Waals surface area contributed by atoms with Crippen molar-refractivity contribution < 1.29 is 14.3 Å². The van der Waals surface area contributed by atoms with E-state index in [1.54, 1.807) is 6.07 Å². The van der Waals surface area contributed by atoms with Crippen LogP contribution in [0.15, 0.2) is 29.8 Å². The molecule has 0 fully saturated rings. The summed E-state index contributed by atoms with van der Waals surface area (Å²) in [6, 6.07) is 6.29. The minimum Gasteiger partial charge on any atom is -0.477 e. The van der Waals surface area contributed by atoms with Crippen LogP contribution in [0.1, 0.15) is 20.9 Å². The summed E-state index contributed by atoms with van der Waals surface area (Å²) in [4.78, 5) is 15.1. The molecule has 0 atom stereocenters. The number of aromatic nitrogens is 1. The quantitative estimate of drug-likeness (QED) is 0.909. The van der Waals surface area contributed by atoms with Gasteiger partial charge in [0.05, 0.1) is 11.2 Å². The number of aromatic carboxylic acids is 1. The molecule has 1 aromatic carbocycles. The molecule has 2 rings (SSSR count). The van der Waals surface area contributed by atoms with Crippen LogP contribution in [0, 0.1) is 5.82 Å². The van der Waals surface area contributed by atoms with Gasteiger partial charge < -0.3 is 5.11 Å². The molecule has 1 aromatic heterocycles. The minimum atomic E-state index is -0.957. The lowest BCUT2D eigenvalue weighted by molar-refractivity contribution is 0.0700. The smallest absolute Gasteiger partial charge is 0.347 e. The van der Waals surface area contributed by atoms with Crippen molar-refractivity contribution in [2.24, 2.45) is 0 Å². The van der Waals surface area contributed by atoms with Crippen LogP contribution >= 0.6 is 11.3 Å². The van der Waals surface area contributed by atoms with E-state index < -0.39 is 5.97 Å². The van der Waals surface area contributed by atoms with Crippen LogP contribution in [-0.4, -0.2) is 16.1 Å². The minimum absolute atomic E-state index is 0.265. The van der Waals surface area contributed by atoms with Gasteiger partial charge in [0.15, 0.2) is 0 Å². The first-order chi connectivity index (χ1) is 8.16. The van der Waals surface area contributed by atoms with Crippen molar-refractivity contribution in [1.82, 2.24) is 4.98 Å². The number of nitrogens with zero attached hydrogens (tertiary/aromatic N) is 1. The summed E-state index contributed by atoms with van der Waals surface area (Å²) in [5, 5.41) is 8.91. The third-order valence-electron chi connectivity index (χ3n) is 2.37. The first-order valence-corrected chi connectivity index (χ1v) is 5.95. The normalized spacial score (nSPS) is 10.4. The van der Waals surface area contributed by atoms with Gasteiger partial charge in [0.25, 0.3) is 0 Å². The van der Waals surface area contributed by atoms with Crippen molar-refractivity contribution in [3.8, 4) is 0 Å². The standard InChI is InChI=1S/C12H10FNO2S/c13-9-3-1-2-8(6-9)4-5-10-11(12(15)16)17-7-14-10/h1-3,6-7H,4-5H2,(H,15,16). The lowest BCUT2D eigenvalue weighted by atomic mass is 10.1. The molecule has 0 radical (unpaired) electrons. The zero-order valence-electron chi connectivity index (χ0n) is 8.89. The predicted octanol–water partition coefficient (Wildman–Crippen LogP) is 2.77. The summed E-state index contributed by atoms with van der Waals surface area (Å²) in [6.45, 7) is 0. The molecule has 0 aliphatic carbocycles. The molecule has 0 aliphatic rings. The second kappa shape index (κ2) is 5.05. The number of rotatable bonds is 4. The monoisotopic (exact) mass is 251 g/mol. The maximum absolute atomic E-state index is 12.9. The van der Waals surface area contributed by atoms with Crippen molar-refractivity contribution in [2.45, 2.75) is 12.8 Å². The SMILES string of the molecule is O=C(O)c1scnc1CCc1cccc(F)c1. The fourth-order valence-corrected chi connectivity index (χ4v) is 2.25. The fourth-order valence-electron chi connectivity index (χ4n) is 1.58. The molecule has 0 amide bonds. The number of thiazole rings is 1. The summed E-state index contributed by atoms with van der Waals surface area (Å²) in [7, 11) is 0. The van der Waals surface area contributed by atoms with E-state index in [0.717, 1.165) is 16.9 Å². The van der Waals surface area contributed by atoms with Gasteiger partial charge in [-0.2, -0.15) is 0 Å². The van der Waals surface area contributed by atoms with Crippen LogP contribution in [0.5, 0.6) is 0 Å². The Kier molecular flexibility index (Phi) is 3.49. The lowest BCUT2D eigenvalue weighted by Gasteiger charge is -2.00. The molecular formula is C12H10FNO2S. The molecule has 2 aromatic rings. The molecular weight excluding hydrogens is 241 g/mol. The van der Waals surface area contributed by atoms with E-state index in [4.69, 9.17) is 5.11 Å². The maximum Gasteiger partial charge on any atom is 0.347 e. The first-order valence-electron chi connectivity index (χ1n) is 5.07. The Bertz CT molecular complexity index is 539. The van der Waals surface area contributed by atoms with Crippen LogP contribution in [0.4, 0.5) is 4.39 Å². The highest BCUT2D eigenvalue weighted by atomic mass is 32.1. The van der Waals surface area contributed by atoms with Crippen LogP contribution in [-0.2, 0) is 12.8 Å². The van der Waals surface area contributed by atoms with E-state index in [2.05, 4.69) is 4.98 Å². The molecule has 0 spiro atoms. The number of carboxylic acid groups (broad SMARTS) is 1. The van der Waals surface area contributed by atoms with Crippen LogP contribution in [0.25, 0.3) is 0 Å². The number of carboxylic acids is 1. The number of carbonyl (C=O) groups is 1. The van der Waals surface area contributed by atoms with Gasteiger partial charge in [0, 0.05) is 0 Å². The van der Waals surface area contributed by atoms with E-state index in [9.17, 15) is 9.18 Å². The Morgan fingerprint density at radius 1 is 1.41 bits per heavy atom. The van der Waals surface area contributed by atoms with Crippen molar-refractivity contribution in [3.05, 3.63) is 51.7 Å². The Labute approximate surface area is 102 Å². The zero-order chi connectivity index (χ0) is 12.3. The fraction of sp³-hybridized carbons (Fsp3) is 0.167. The molecule has 0 bridgehead atoms. The van der Waals surface area contributed by atoms with Crippen molar-refractivity contribution >= 4 is 17.3 Å². The molecule has 0 saturated heterocycles. The molecule has 1 N–H and O–H groups in total. The van der Waals surface area contributed by atoms with Crippen LogP contribution in [0.3, 0.4) is 0 Å². The van der Waals surface area contributed by atoms with Crippen LogP contribution in [0.2, 0.25) is 0 Å². The molecule has 0 unspecified atom stereocenters.